The standard InChI is InChI=1S/C78H106N14O8S2/c1-50-38-63(86-87-69(50)85-73-82-59-24-20-21-25-61(59)102-73)90(62-33-32-57(66(83-62)72(98)99)58-40-80-92(53(58)4)48-77-43-75(8)42-76(9,44-77)46-78(45-75,47-77)100-37-36-88(10)11)35-23-22-34-89(12)65(95)27-19-17-15-13-14-16-18-26-64(94)84-68(74(5,6)7)71(97)91-41-56(93)39-60(91)70(96)81-51(2)54-28-30-55(31-29-54)67-52(3)79-49-101-67/h20-21,24-25,28-33,38,40,49,51,56,60,68,93H,13-19,22-23,26-27,34-37,39,41-48H2,1-12H3,(H,81,96)(H,84,94)(H,98,99)(H,82,85,87)/t51-,56+,60-,68+,75?,76?,77?,78?/m0/s1. The van der Waals surface area contributed by atoms with Gasteiger partial charge >= 0.3 is 5.97 Å². The highest BCUT2D eigenvalue weighted by molar-refractivity contribution is 7.22. The summed E-state index contributed by atoms with van der Waals surface area (Å²) in [6.45, 7) is 21.7. The molecule has 5 aromatic heterocycles. The molecule has 4 saturated carbocycles. The lowest BCUT2D eigenvalue weighted by molar-refractivity contribution is -0.248. The fourth-order valence-electron chi connectivity index (χ4n) is 17.5. The third-order valence-corrected chi connectivity index (χ3v) is 23.4. The molecule has 12 rings (SSSR count). The minimum absolute atomic E-state index is 0.000605. The van der Waals surface area contributed by atoms with Gasteiger partial charge in [0.25, 0.3) is 0 Å². The Hall–Kier alpha value is -7.77. The third kappa shape index (κ3) is 17.9. The molecule has 548 valence electrons. The Morgan fingerprint density at radius 1 is 0.775 bits per heavy atom. The number of nitrogens with zero attached hydrogens (tertiary/aromatic N) is 11. The summed E-state index contributed by atoms with van der Waals surface area (Å²) in [5, 5.41) is 46.2. The lowest BCUT2D eigenvalue weighted by Gasteiger charge is -2.69. The van der Waals surface area contributed by atoms with Gasteiger partial charge in [0.2, 0.25) is 23.6 Å². The molecule has 7 aromatic rings. The number of thiazole rings is 2. The van der Waals surface area contributed by atoms with E-state index >= 15 is 0 Å². The summed E-state index contributed by atoms with van der Waals surface area (Å²) in [7, 11) is 6.02. The average Bonchev–Trinajstić information content (AvgIpc) is 0.709. The Morgan fingerprint density at radius 3 is 2.14 bits per heavy atom. The molecule has 0 spiro atoms. The zero-order valence-electron chi connectivity index (χ0n) is 61.9. The van der Waals surface area contributed by atoms with Crippen molar-refractivity contribution in [3.05, 3.63) is 107 Å². The number of fused-ring (bicyclic) bond motifs is 1. The molecule has 102 heavy (non-hydrogen) atoms. The molecule has 5 fully saturated rings. The van der Waals surface area contributed by atoms with Crippen LogP contribution in [0.5, 0.6) is 0 Å². The number of aryl methyl sites for hydroxylation is 2. The lowest BCUT2D eigenvalue weighted by Crippen LogP contribution is -2.64. The van der Waals surface area contributed by atoms with E-state index in [0.29, 0.717) is 73.5 Å². The lowest BCUT2D eigenvalue weighted by atomic mass is 9.39. The fraction of sp³-hybridized carbons (Fsp3) is 0.577. The summed E-state index contributed by atoms with van der Waals surface area (Å²) < 4.78 is 10.1. The number of aromatic carboxylic acids is 1. The maximum absolute atomic E-state index is 14.3. The first kappa shape index (κ1) is 75.4. The van der Waals surface area contributed by atoms with Crippen LogP contribution in [0.1, 0.15) is 196 Å². The van der Waals surface area contributed by atoms with Crippen LogP contribution in [0.2, 0.25) is 0 Å². The molecule has 5 aliphatic rings. The van der Waals surface area contributed by atoms with E-state index in [1.54, 1.807) is 22.4 Å². The molecule has 4 aliphatic carbocycles. The predicted molar refractivity (Wildman–Crippen MR) is 402 cm³/mol. The fourth-order valence-corrected chi connectivity index (χ4v) is 19.2. The Morgan fingerprint density at radius 2 is 1.47 bits per heavy atom. The second-order valence-electron chi connectivity index (χ2n) is 32.1. The van der Waals surface area contributed by atoms with Gasteiger partial charge in [-0.15, -0.1) is 21.5 Å². The number of carbonyl (C=O) groups excluding carboxylic acids is 4. The van der Waals surface area contributed by atoms with Gasteiger partial charge in [-0.05, 0) is 175 Å². The van der Waals surface area contributed by atoms with Crippen LogP contribution < -0.4 is 20.9 Å². The number of unbranched alkanes of at least 4 members (excludes halogenated alkanes) is 7. The second-order valence-corrected chi connectivity index (χ2v) is 34.0. The number of anilines is 4. The van der Waals surface area contributed by atoms with Crippen LogP contribution in [0.3, 0.4) is 0 Å². The van der Waals surface area contributed by atoms with Gasteiger partial charge in [-0.1, -0.05) is 114 Å². The van der Waals surface area contributed by atoms with Gasteiger partial charge in [0.1, 0.15) is 17.9 Å². The van der Waals surface area contributed by atoms with Crippen molar-refractivity contribution in [2.75, 3.05) is 64.1 Å². The molecule has 2 unspecified atom stereocenters. The number of likely N-dealkylation sites (tertiary alicyclic amines) is 1. The van der Waals surface area contributed by atoms with Crippen molar-refractivity contribution in [1.82, 2.24) is 60.3 Å². The van der Waals surface area contributed by atoms with E-state index in [2.05, 4.69) is 63.6 Å². The zero-order valence-corrected chi connectivity index (χ0v) is 63.5. The number of carboxylic acid groups (broad SMARTS) is 1. The number of carbonyl (C=O) groups is 5. The first-order chi connectivity index (χ1) is 48.5. The van der Waals surface area contributed by atoms with Crippen LogP contribution in [-0.2, 0) is 30.5 Å². The maximum Gasteiger partial charge on any atom is 0.355 e. The number of β-amino-alcohol motifs (C(OH)–C–C–N with tert-alkyl or cyclic N) is 1. The number of aliphatic hydroxyl groups excluding tert-OH is 1. The number of para-hydroxylation sites is 1. The summed E-state index contributed by atoms with van der Waals surface area (Å²) in [6.07, 6.45) is 15.7. The van der Waals surface area contributed by atoms with Gasteiger partial charge < -0.3 is 50.5 Å². The maximum atomic E-state index is 14.3. The van der Waals surface area contributed by atoms with Crippen LogP contribution in [0.15, 0.2) is 78.4 Å². The highest BCUT2D eigenvalue weighted by atomic mass is 32.1. The molecule has 5 N–H and O–H groups in total. The number of pyridine rings is 1. The molecule has 0 radical (unpaired) electrons. The molecule has 4 amide bonds. The van der Waals surface area contributed by atoms with Crippen LogP contribution in [0.4, 0.5) is 22.6 Å². The Labute approximate surface area is 609 Å². The van der Waals surface area contributed by atoms with Gasteiger partial charge in [-0.2, -0.15) is 5.10 Å². The van der Waals surface area contributed by atoms with Crippen molar-refractivity contribution in [1.29, 1.82) is 0 Å². The molecule has 24 heteroatoms. The number of aromatic nitrogens is 7. The number of hydrogen-bond donors (Lipinski definition) is 5. The van der Waals surface area contributed by atoms with Gasteiger partial charge in [0.05, 0.1) is 56.8 Å². The van der Waals surface area contributed by atoms with E-state index in [-0.39, 0.29) is 76.6 Å². The smallest absolute Gasteiger partial charge is 0.355 e. The number of amides is 4. The number of hydrogen-bond acceptors (Lipinski definition) is 18. The summed E-state index contributed by atoms with van der Waals surface area (Å²) >= 11 is 3.11. The third-order valence-electron chi connectivity index (χ3n) is 21.5. The summed E-state index contributed by atoms with van der Waals surface area (Å²) in [5.74, 6) is -0.571. The summed E-state index contributed by atoms with van der Waals surface area (Å²) in [5.41, 5.74) is 8.02. The molecule has 6 atom stereocenters. The number of carboxylic acids is 1. The van der Waals surface area contributed by atoms with E-state index < -0.39 is 29.6 Å². The van der Waals surface area contributed by atoms with Crippen LogP contribution in [0.25, 0.3) is 31.8 Å². The first-order valence-electron chi connectivity index (χ1n) is 36.6. The number of rotatable bonds is 33. The van der Waals surface area contributed by atoms with E-state index in [1.807, 2.05) is 133 Å². The minimum Gasteiger partial charge on any atom is -0.476 e. The summed E-state index contributed by atoms with van der Waals surface area (Å²) in [6, 6.07) is 19.4. The Kier molecular flexibility index (Phi) is 23.4. The van der Waals surface area contributed by atoms with E-state index in [9.17, 15) is 34.2 Å². The van der Waals surface area contributed by atoms with Gasteiger partial charge in [-0.25, -0.2) is 19.7 Å². The van der Waals surface area contributed by atoms with Crippen LogP contribution >= 0.6 is 22.7 Å². The molecular weight excluding hydrogens is 1330 g/mol. The van der Waals surface area contributed by atoms with Gasteiger partial charge in [0.15, 0.2) is 22.5 Å². The minimum atomic E-state index is -1.15. The van der Waals surface area contributed by atoms with Crippen molar-refractivity contribution >= 4 is 85.1 Å². The predicted octanol–water partition coefficient (Wildman–Crippen LogP) is 13.8. The molecule has 1 aliphatic heterocycles. The molecule has 4 bridgehead atoms. The van der Waals surface area contributed by atoms with E-state index in [4.69, 9.17) is 24.9 Å². The van der Waals surface area contributed by atoms with Crippen LogP contribution in [-0.4, -0.2) is 167 Å². The van der Waals surface area contributed by atoms with Crippen LogP contribution in [0, 0.1) is 42.4 Å². The summed E-state index contributed by atoms with van der Waals surface area (Å²) in [4.78, 5) is 90.9. The highest BCUT2D eigenvalue weighted by Crippen LogP contribution is 2.72. The second kappa shape index (κ2) is 31.7. The molecular formula is C78H106N14O8S2. The number of likely N-dealkylation sites (N-methyl/N-ethyl adjacent to an activating group) is 1. The van der Waals surface area contributed by atoms with Crippen molar-refractivity contribution in [2.45, 2.75) is 214 Å². The topological polar surface area (TPSA) is 266 Å². The largest absolute Gasteiger partial charge is 0.476 e. The first-order valence-corrected chi connectivity index (χ1v) is 38.3. The molecule has 6 heterocycles. The van der Waals surface area contributed by atoms with E-state index in [1.165, 1.54) is 22.7 Å². The van der Waals surface area contributed by atoms with Crippen molar-refractivity contribution in [2.24, 2.45) is 21.7 Å². The number of aliphatic hydroxyl groups is 1. The van der Waals surface area contributed by atoms with Gasteiger partial charge in [0, 0.05) is 75.9 Å². The molecule has 2 aromatic carbocycles. The highest BCUT2D eigenvalue weighted by Gasteiger charge is 2.66. The number of nitrogens with one attached hydrogen (secondary N) is 3. The Balaban J connectivity index is 0.649. The van der Waals surface area contributed by atoms with Crippen molar-refractivity contribution in [3.8, 4) is 21.6 Å². The zero-order chi connectivity index (χ0) is 72.9. The van der Waals surface area contributed by atoms with Crippen molar-refractivity contribution in [3.63, 3.8) is 0 Å². The van der Waals surface area contributed by atoms with Crippen molar-refractivity contribution < 1.29 is 38.9 Å². The van der Waals surface area contributed by atoms with Gasteiger partial charge in [-0.3, -0.25) is 23.9 Å². The Bertz CT molecular complexity index is 4070. The SMILES string of the molecule is Cc1cc(N(CCCCN(C)C(=O)CCCCCCCCCC(=O)N[C@H](C(=O)N2C[C@H](O)C[C@H]2C(=O)N[C@@H](C)c2ccc(-c3scnc3C)cc2)C(C)(C)C)c2ccc(-c3cnn(CC45CC6(C)CC(C)(C4)CC(OCCN(C)C)(C6)C5)c3C)c(C(=O)O)n2)nnc1Nc1nc2ccccc2s1. The quantitative estimate of drug-likeness (QED) is 0.0239. The number of benzene rings is 2. The molecule has 1 saturated heterocycles. The average molecular weight is 1430 g/mol. The number of ether oxygens (including phenoxy) is 1. The van der Waals surface area contributed by atoms with E-state index in [0.717, 1.165) is 132 Å². The normalized spacial score (nSPS) is 22.1. The monoisotopic (exact) mass is 1430 g/mol. The molecule has 22 nitrogen and oxygen atoms in total.